The lowest BCUT2D eigenvalue weighted by molar-refractivity contribution is -0.120. The molecule has 1 N–H and O–H groups in total. The molecule has 0 heterocycles. The number of hydrogen-bond acceptors (Lipinski definition) is 3. The minimum atomic E-state index is -0.00694. The molecular formula is C20H21NO3. The molecule has 0 radical (unpaired) electrons. The second kappa shape index (κ2) is 7.21. The van der Waals surface area contributed by atoms with Crippen molar-refractivity contribution in [3.63, 3.8) is 0 Å². The van der Waals surface area contributed by atoms with Crippen LogP contribution in [0, 0.1) is 0 Å². The molecule has 0 bridgehead atoms. The maximum absolute atomic E-state index is 12.2. The van der Waals surface area contributed by atoms with Gasteiger partial charge in [-0.1, -0.05) is 36.4 Å². The standard InChI is InChI=1S/C20H21NO3/c1-23-18-10-7-14(11-19(18)24-2)12-20(22)21-13-16-9-8-15-5-3-4-6-17(15)16/h3-7,9-11H,8,12-13H2,1-2H3,(H,21,22). The second-order valence-electron chi connectivity index (χ2n) is 5.73. The molecule has 0 unspecified atom stereocenters. The first kappa shape index (κ1) is 16.1. The Bertz CT molecular complexity index is 780. The van der Waals surface area contributed by atoms with Crippen LogP contribution in [0.4, 0.5) is 0 Å². The third-order valence-corrected chi connectivity index (χ3v) is 4.22. The minimum Gasteiger partial charge on any atom is -0.493 e. The molecule has 0 atom stereocenters. The van der Waals surface area contributed by atoms with Crippen LogP contribution in [-0.2, 0) is 17.6 Å². The maximum atomic E-state index is 12.2. The zero-order valence-electron chi connectivity index (χ0n) is 14.0. The monoisotopic (exact) mass is 323 g/mol. The third kappa shape index (κ3) is 3.43. The lowest BCUT2D eigenvalue weighted by Crippen LogP contribution is -2.26. The second-order valence-corrected chi connectivity index (χ2v) is 5.73. The summed E-state index contributed by atoms with van der Waals surface area (Å²) in [5, 5.41) is 3.00. The van der Waals surface area contributed by atoms with E-state index in [2.05, 4.69) is 23.5 Å². The van der Waals surface area contributed by atoms with Crippen molar-refractivity contribution in [2.24, 2.45) is 0 Å². The van der Waals surface area contributed by atoms with Crippen LogP contribution in [0.5, 0.6) is 11.5 Å². The first-order valence-corrected chi connectivity index (χ1v) is 7.96. The fourth-order valence-corrected chi connectivity index (χ4v) is 2.95. The van der Waals surface area contributed by atoms with Crippen LogP contribution in [0.15, 0.2) is 48.5 Å². The summed E-state index contributed by atoms with van der Waals surface area (Å²) >= 11 is 0. The van der Waals surface area contributed by atoms with Gasteiger partial charge in [0.15, 0.2) is 11.5 Å². The van der Waals surface area contributed by atoms with Crippen LogP contribution >= 0.6 is 0 Å². The van der Waals surface area contributed by atoms with Gasteiger partial charge in [0, 0.05) is 6.54 Å². The van der Waals surface area contributed by atoms with Gasteiger partial charge >= 0.3 is 0 Å². The average molecular weight is 323 g/mol. The number of fused-ring (bicyclic) bond motifs is 1. The number of hydrogen-bond donors (Lipinski definition) is 1. The van der Waals surface area contributed by atoms with Crippen molar-refractivity contribution in [3.8, 4) is 11.5 Å². The SMILES string of the molecule is COc1ccc(CC(=O)NCC2=CCc3ccccc32)cc1OC. The van der Waals surface area contributed by atoms with Gasteiger partial charge in [-0.25, -0.2) is 0 Å². The van der Waals surface area contributed by atoms with E-state index in [4.69, 9.17) is 9.47 Å². The van der Waals surface area contributed by atoms with Gasteiger partial charge in [-0.3, -0.25) is 4.79 Å². The first-order chi connectivity index (χ1) is 11.7. The number of methoxy groups -OCH3 is 2. The molecule has 3 rings (SSSR count). The largest absolute Gasteiger partial charge is 0.493 e. The molecular weight excluding hydrogens is 302 g/mol. The van der Waals surface area contributed by atoms with E-state index in [0.717, 1.165) is 12.0 Å². The Morgan fingerprint density at radius 2 is 1.88 bits per heavy atom. The predicted molar refractivity (Wildman–Crippen MR) is 94.4 cm³/mol. The Balaban J connectivity index is 1.59. The summed E-state index contributed by atoms with van der Waals surface area (Å²) in [4.78, 5) is 12.2. The number of allylic oxidation sites excluding steroid dienone is 1. The minimum absolute atomic E-state index is 0.00694. The number of rotatable bonds is 6. The Morgan fingerprint density at radius 1 is 1.08 bits per heavy atom. The number of carbonyl (C=O) groups excluding carboxylic acids is 1. The van der Waals surface area contributed by atoms with Crippen molar-refractivity contribution < 1.29 is 14.3 Å². The molecule has 0 aliphatic heterocycles. The molecule has 0 saturated heterocycles. The predicted octanol–water partition coefficient (Wildman–Crippen LogP) is 3.00. The van der Waals surface area contributed by atoms with Crippen molar-refractivity contribution in [2.45, 2.75) is 12.8 Å². The van der Waals surface area contributed by atoms with E-state index in [1.165, 1.54) is 16.7 Å². The van der Waals surface area contributed by atoms with Crippen molar-refractivity contribution in [3.05, 3.63) is 65.2 Å². The van der Waals surface area contributed by atoms with Crippen LogP contribution in [0.1, 0.15) is 16.7 Å². The normalized spacial score (nSPS) is 12.3. The Kier molecular flexibility index (Phi) is 4.85. The zero-order chi connectivity index (χ0) is 16.9. The van der Waals surface area contributed by atoms with Crippen molar-refractivity contribution in [1.29, 1.82) is 0 Å². The smallest absolute Gasteiger partial charge is 0.224 e. The number of ether oxygens (including phenoxy) is 2. The van der Waals surface area contributed by atoms with E-state index in [1.807, 2.05) is 30.3 Å². The molecule has 24 heavy (non-hydrogen) atoms. The van der Waals surface area contributed by atoms with E-state index in [-0.39, 0.29) is 5.91 Å². The van der Waals surface area contributed by atoms with E-state index in [1.54, 1.807) is 14.2 Å². The van der Waals surface area contributed by atoms with Crippen molar-refractivity contribution in [1.82, 2.24) is 5.32 Å². The van der Waals surface area contributed by atoms with Gasteiger partial charge in [0.05, 0.1) is 20.6 Å². The lowest BCUT2D eigenvalue weighted by atomic mass is 10.1. The van der Waals surface area contributed by atoms with Crippen molar-refractivity contribution >= 4 is 11.5 Å². The Hall–Kier alpha value is -2.75. The van der Waals surface area contributed by atoms with E-state index >= 15 is 0 Å². The molecule has 2 aromatic rings. The lowest BCUT2D eigenvalue weighted by Gasteiger charge is -2.11. The molecule has 4 nitrogen and oxygen atoms in total. The van der Waals surface area contributed by atoms with E-state index < -0.39 is 0 Å². The van der Waals surface area contributed by atoms with Crippen LogP contribution in [0.2, 0.25) is 0 Å². The van der Waals surface area contributed by atoms with Gasteiger partial charge < -0.3 is 14.8 Å². The summed E-state index contributed by atoms with van der Waals surface area (Å²) in [6.07, 6.45) is 3.44. The summed E-state index contributed by atoms with van der Waals surface area (Å²) in [5.41, 5.74) is 4.64. The third-order valence-electron chi connectivity index (χ3n) is 4.22. The molecule has 0 saturated carbocycles. The molecule has 1 aliphatic carbocycles. The summed E-state index contributed by atoms with van der Waals surface area (Å²) in [6.45, 7) is 0.559. The van der Waals surface area contributed by atoms with Gasteiger partial charge in [-0.15, -0.1) is 0 Å². The van der Waals surface area contributed by atoms with E-state index in [0.29, 0.717) is 24.5 Å². The van der Waals surface area contributed by atoms with Gasteiger partial charge in [-0.05, 0) is 40.8 Å². The molecule has 4 heteroatoms. The van der Waals surface area contributed by atoms with E-state index in [9.17, 15) is 4.79 Å². The molecule has 0 spiro atoms. The van der Waals surface area contributed by atoms with Gasteiger partial charge in [0.25, 0.3) is 0 Å². The number of amides is 1. The molecule has 1 amide bonds. The van der Waals surface area contributed by atoms with Crippen LogP contribution in [-0.4, -0.2) is 26.7 Å². The van der Waals surface area contributed by atoms with Gasteiger partial charge in [0.2, 0.25) is 5.91 Å². The maximum Gasteiger partial charge on any atom is 0.224 e. The highest BCUT2D eigenvalue weighted by Gasteiger charge is 2.14. The number of carbonyl (C=O) groups is 1. The molecule has 0 aromatic heterocycles. The Labute approximate surface area is 142 Å². The number of nitrogens with one attached hydrogen (secondary N) is 1. The van der Waals surface area contributed by atoms with Crippen LogP contribution in [0.25, 0.3) is 5.57 Å². The summed E-state index contributed by atoms with van der Waals surface area (Å²) in [5.74, 6) is 1.29. The molecule has 0 fully saturated rings. The topological polar surface area (TPSA) is 47.6 Å². The van der Waals surface area contributed by atoms with Gasteiger partial charge in [0.1, 0.15) is 0 Å². The fourth-order valence-electron chi connectivity index (χ4n) is 2.95. The molecule has 1 aliphatic rings. The molecule has 2 aromatic carbocycles. The quantitative estimate of drug-likeness (QED) is 0.889. The van der Waals surface area contributed by atoms with Crippen LogP contribution < -0.4 is 14.8 Å². The van der Waals surface area contributed by atoms with Crippen LogP contribution in [0.3, 0.4) is 0 Å². The summed E-state index contributed by atoms with van der Waals surface area (Å²) in [7, 11) is 3.18. The van der Waals surface area contributed by atoms with Crippen molar-refractivity contribution in [2.75, 3.05) is 20.8 Å². The first-order valence-electron chi connectivity index (χ1n) is 7.96. The highest BCUT2D eigenvalue weighted by molar-refractivity contribution is 5.82. The molecule has 124 valence electrons. The average Bonchev–Trinajstić information content (AvgIpc) is 3.03. The number of benzene rings is 2. The highest BCUT2D eigenvalue weighted by atomic mass is 16.5. The summed E-state index contributed by atoms with van der Waals surface area (Å²) in [6, 6.07) is 13.8. The fraction of sp³-hybridized carbons (Fsp3) is 0.250. The zero-order valence-corrected chi connectivity index (χ0v) is 14.0. The Morgan fingerprint density at radius 3 is 2.67 bits per heavy atom. The summed E-state index contributed by atoms with van der Waals surface area (Å²) < 4.78 is 10.5. The van der Waals surface area contributed by atoms with Gasteiger partial charge in [-0.2, -0.15) is 0 Å². The highest BCUT2D eigenvalue weighted by Crippen LogP contribution is 2.28.